The zero-order chi connectivity index (χ0) is 20.0. The van der Waals surface area contributed by atoms with Gasteiger partial charge in [-0.15, -0.1) is 0 Å². The molecule has 1 N–H and O–H groups in total. The minimum Gasteiger partial charge on any atom is -0.299 e. The second-order valence-corrected chi connectivity index (χ2v) is 9.97. The second kappa shape index (κ2) is 9.42. The summed E-state index contributed by atoms with van der Waals surface area (Å²) in [6.07, 6.45) is 2.26. The van der Waals surface area contributed by atoms with E-state index < -0.39 is 14.9 Å². The van der Waals surface area contributed by atoms with Gasteiger partial charge in [-0.25, -0.2) is 0 Å². The van der Waals surface area contributed by atoms with Crippen LogP contribution < -0.4 is 0 Å². The Bertz CT molecular complexity index is 715. The number of benzene rings is 1. The summed E-state index contributed by atoms with van der Waals surface area (Å²) < 4.78 is 30.3. The molecule has 5 nitrogen and oxygen atoms in total. The Morgan fingerprint density at radius 2 is 1.38 bits per heavy atom. The maximum absolute atomic E-state index is 12.1. The summed E-state index contributed by atoms with van der Waals surface area (Å²) in [5.74, 6) is 0.649. The van der Waals surface area contributed by atoms with Crippen molar-refractivity contribution >= 4 is 21.7 Å². The van der Waals surface area contributed by atoms with Gasteiger partial charge >= 0.3 is 0 Å². The van der Waals surface area contributed by atoms with Crippen molar-refractivity contribution in [3.05, 3.63) is 35.4 Å². The molecule has 0 atom stereocenters. The molecule has 0 spiro atoms. The molecule has 6 heteroatoms. The van der Waals surface area contributed by atoms with Crippen LogP contribution in [0.4, 0.5) is 0 Å². The molecule has 1 aromatic carbocycles. The summed E-state index contributed by atoms with van der Waals surface area (Å²) in [5.41, 5.74) is 1.76. The number of carbonyl (C=O) groups is 2. The summed E-state index contributed by atoms with van der Waals surface area (Å²) in [6.45, 7) is 6.99. The van der Waals surface area contributed by atoms with E-state index in [9.17, 15) is 18.0 Å². The van der Waals surface area contributed by atoms with Crippen LogP contribution in [-0.4, -0.2) is 29.3 Å². The first kappa shape index (κ1) is 22.5. The molecule has 1 rings (SSSR count). The van der Waals surface area contributed by atoms with Crippen LogP contribution in [-0.2, 0) is 32.5 Å². The predicted octanol–water partition coefficient (Wildman–Crippen LogP) is 3.79. The highest BCUT2D eigenvalue weighted by atomic mass is 32.2. The highest BCUT2D eigenvalue weighted by Crippen LogP contribution is 2.22. The monoisotopic (exact) mass is 382 g/mol. The summed E-state index contributed by atoms with van der Waals surface area (Å²) in [6, 6.07) is 7.38. The first-order valence-corrected chi connectivity index (χ1v) is 10.4. The Morgan fingerprint density at radius 1 is 0.962 bits per heavy atom. The van der Waals surface area contributed by atoms with Gasteiger partial charge in [-0.2, -0.15) is 8.42 Å². The van der Waals surface area contributed by atoms with E-state index in [-0.39, 0.29) is 30.8 Å². The maximum Gasteiger partial charge on any atom is 0.270 e. The number of hydrogen-bond acceptors (Lipinski definition) is 4. The number of rotatable bonds is 11. The number of Topliss-reactive ketones (excluding diaryl/α,β-unsaturated/α-hetero) is 2. The fraction of sp³-hybridized carbons (Fsp3) is 0.600. The van der Waals surface area contributed by atoms with Crippen molar-refractivity contribution in [3.63, 3.8) is 0 Å². The highest BCUT2D eigenvalue weighted by Gasteiger charge is 2.32. The summed E-state index contributed by atoms with van der Waals surface area (Å²) in [5, 5.41) is 0. The minimum absolute atomic E-state index is 0.0765. The SMILES string of the molecule is CC(C)CCC(=O)Cc1ccc(CC(=O)CCC(C)(C)S(=O)(=O)O)cc1. The molecular weight excluding hydrogens is 352 g/mol. The van der Waals surface area contributed by atoms with Gasteiger partial charge in [0.15, 0.2) is 0 Å². The van der Waals surface area contributed by atoms with E-state index in [0.29, 0.717) is 18.8 Å². The smallest absolute Gasteiger partial charge is 0.270 e. The Labute approximate surface area is 156 Å². The van der Waals surface area contributed by atoms with E-state index in [1.807, 2.05) is 24.3 Å². The second-order valence-electron chi connectivity index (χ2n) is 7.91. The van der Waals surface area contributed by atoms with Gasteiger partial charge in [0.2, 0.25) is 0 Å². The molecule has 0 aliphatic heterocycles. The van der Waals surface area contributed by atoms with Crippen LogP contribution in [0.1, 0.15) is 64.5 Å². The van der Waals surface area contributed by atoms with Gasteiger partial charge in [-0.1, -0.05) is 38.1 Å². The third kappa shape index (κ3) is 7.79. The van der Waals surface area contributed by atoms with Crippen molar-refractivity contribution in [3.8, 4) is 0 Å². The van der Waals surface area contributed by atoms with Crippen LogP contribution in [0.3, 0.4) is 0 Å². The molecule has 0 aromatic heterocycles. The standard InChI is InChI=1S/C20H30O5S/c1-15(2)5-10-18(21)13-16-6-8-17(9-7-16)14-19(22)11-12-20(3,4)26(23,24)25/h6-9,15H,5,10-14H2,1-4H3,(H,23,24,25). The highest BCUT2D eigenvalue weighted by molar-refractivity contribution is 7.87. The molecule has 1 aromatic rings. The third-order valence-corrected chi connectivity index (χ3v) is 6.13. The van der Waals surface area contributed by atoms with E-state index in [4.69, 9.17) is 4.55 Å². The van der Waals surface area contributed by atoms with Crippen LogP contribution in [0.5, 0.6) is 0 Å². The van der Waals surface area contributed by atoms with Crippen molar-refractivity contribution < 1.29 is 22.6 Å². The predicted molar refractivity (Wildman–Crippen MR) is 103 cm³/mol. The molecule has 0 bridgehead atoms. The molecule has 26 heavy (non-hydrogen) atoms. The molecule has 0 amide bonds. The fourth-order valence-corrected chi connectivity index (χ4v) is 2.79. The lowest BCUT2D eigenvalue weighted by Crippen LogP contribution is -2.32. The Hall–Kier alpha value is -1.53. The van der Waals surface area contributed by atoms with E-state index in [2.05, 4.69) is 13.8 Å². The molecule has 0 aliphatic carbocycles. The zero-order valence-electron chi connectivity index (χ0n) is 16.1. The molecule has 0 radical (unpaired) electrons. The molecule has 0 fully saturated rings. The van der Waals surface area contributed by atoms with Gasteiger partial charge in [0.1, 0.15) is 11.6 Å². The van der Waals surface area contributed by atoms with Gasteiger partial charge in [0, 0.05) is 25.7 Å². The van der Waals surface area contributed by atoms with Gasteiger partial charge in [-0.05, 0) is 43.7 Å². The van der Waals surface area contributed by atoms with Crippen molar-refractivity contribution in [1.82, 2.24) is 0 Å². The number of hydrogen-bond donors (Lipinski definition) is 1. The molecule has 0 saturated carbocycles. The van der Waals surface area contributed by atoms with Crippen LogP contribution in [0.25, 0.3) is 0 Å². The normalized spacial score (nSPS) is 12.4. The summed E-state index contributed by atoms with van der Waals surface area (Å²) in [4.78, 5) is 24.0. The zero-order valence-corrected chi connectivity index (χ0v) is 16.9. The quantitative estimate of drug-likeness (QED) is 0.588. The number of ketones is 2. The first-order chi connectivity index (χ1) is 11.9. The average Bonchev–Trinajstić information content (AvgIpc) is 2.52. The van der Waals surface area contributed by atoms with Gasteiger partial charge in [0.25, 0.3) is 10.1 Å². The van der Waals surface area contributed by atoms with Crippen LogP contribution in [0.2, 0.25) is 0 Å². The Kier molecular flexibility index (Phi) is 8.15. The summed E-state index contributed by atoms with van der Waals surface area (Å²) in [7, 11) is -4.18. The maximum atomic E-state index is 12.1. The summed E-state index contributed by atoms with van der Waals surface area (Å²) >= 11 is 0. The van der Waals surface area contributed by atoms with Crippen molar-refractivity contribution in [2.45, 2.75) is 71.0 Å². The Balaban J connectivity index is 2.51. The minimum atomic E-state index is -4.18. The van der Waals surface area contributed by atoms with Crippen LogP contribution in [0.15, 0.2) is 24.3 Å². The molecule has 0 heterocycles. The molecule has 0 aliphatic rings. The molecule has 146 valence electrons. The average molecular weight is 383 g/mol. The van der Waals surface area contributed by atoms with Crippen LogP contribution in [0, 0.1) is 5.92 Å². The van der Waals surface area contributed by atoms with Crippen molar-refractivity contribution in [2.75, 3.05) is 0 Å². The Morgan fingerprint density at radius 3 is 1.77 bits per heavy atom. The van der Waals surface area contributed by atoms with Gasteiger partial charge < -0.3 is 0 Å². The van der Waals surface area contributed by atoms with Crippen molar-refractivity contribution in [1.29, 1.82) is 0 Å². The molecule has 0 unspecified atom stereocenters. The number of carbonyl (C=O) groups excluding carboxylic acids is 2. The fourth-order valence-electron chi connectivity index (χ4n) is 2.43. The van der Waals surface area contributed by atoms with Crippen LogP contribution >= 0.6 is 0 Å². The first-order valence-electron chi connectivity index (χ1n) is 8.99. The third-order valence-electron chi connectivity index (χ3n) is 4.53. The topological polar surface area (TPSA) is 88.5 Å². The largest absolute Gasteiger partial charge is 0.299 e. The molecule has 0 saturated heterocycles. The van der Waals surface area contributed by atoms with Gasteiger partial charge in [-0.3, -0.25) is 14.1 Å². The lowest BCUT2D eigenvalue weighted by atomic mass is 9.98. The van der Waals surface area contributed by atoms with E-state index in [1.165, 1.54) is 13.8 Å². The molecular formula is C20H30O5S. The van der Waals surface area contributed by atoms with Gasteiger partial charge in [0.05, 0.1) is 4.75 Å². The van der Waals surface area contributed by atoms with E-state index >= 15 is 0 Å². The van der Waals surface area contributed by atoms with E-state index in [0.717, 1.165) is 17.5 Å². The lowest BCUT2D eigenvalue weighted by molar-refractivity contribution is -0.119. The lowest BCUT2D eigenvalue weighted by Gasteiger charge is -2.20. The van der Waals surface area contributed by atoms with E-state index in [1.54, 1.807) is 0 Å². The van der Waals surface area contributed by atoms with Crippen molar-refractivity contribution in [2.24, 2.45) is 5.92 Å².